The average molecular weight is 350 g/mol. The molecule has 2 rings (SSSR count). The Morgan fingerprint density at radius 1 is 1.25 bits per heavy atom. The number of nitrogens with one attached hydrogen (secondary N) is 1. The average Bonchev–Trinajstić information content (AvgIpc) is 2.60. The van der Waals surface area contributed by atoms with E-state index in [2.05, 4.69) is 41.4 Å². The molecule has 0 aliphatic carbocycles. The predicted molar refractivity (Wildman–Crippen MR) is 96.1 cm³/mol. The highest BCUT2D eigenvalue weighted by Crippen LogP contribution is 2.18. The quantitative estimate of drug-likeness (QED) is 0.464. The van der Waals surface area contributed by atoms with E-state index < -0.39 is 0 Å². The second-order valence-electron chi connectivity index (χ2n) is 6.09. The molecule has 1 amide bonds. The highest BCUT2D eigenvalue weighted by molar-refractivity contribution is 7.99. The highest BCUT2D eigenvalue weighted by Gasteiger charge is 2.26. The van der Waals surface area contributed by atoms with Crippen LogP contribution < -0.4 is 5.32 Å². The Hall–Kier alpha value is -1.53. The van der Waals surface area contributed by atoms with E-state index in [0.29, 0.717) is 13.1 Å². The number of methoxy groups -OCH3 is 1. The van der Waals surface area contributed by atoms with Gasteiger partial charge in [-0.2, -0.15) is 0 Å². The molecule has 6 heteroatoms. The van der Waals surface area contributed by atoms with Crippen LogP contribution in [0.3, 0.4) is 0 Å². The number of hydrogen-bond acceptors (Lipinski definition) is 5. The molecule has 0 radical (unpaired) electrons. The molecule has 24 heavy (non-hydrogen) atoms. The first-order chi connectivity index (χ1) is 11.6. The Bertz CT molecular complexity index is 540. The third kappa shape index (κ3) is 6.17. The fourth-order valence-corrected chi connectivity index (χ4v) is 3.51. The van der Waals surface area contributed by atoms with E-state index in [-0.39, 0.29) is 17.8 Å². The lowest BCUT2D eigenvalue weighted by molar-refractivity contribution is -0.147. The van der Waals surface area contributed by atoms with Gasteiger partial charge in [0.2, 0.25) is 5.91 Å². The van der Waals surface area contributed by atoms with Gasteiger partial charge in [0.15, 0.2) is 0 Å². The van der Waals surface area contributed by atoms with Crippen molar-refractivity contribution in [2.75, 3.05) is 39.0 Å². The van der Waals surface area contributed by atoms with Gasteiger partial charge in [-0.1, -0.05) is 17.7 Å². The third-order valence-corrected chi connectivity index (χ3v) is 5.22. The molecule has 0 bridgehead atoms. The van der Waals surface area contributed by atoms with Crippen LogP contribution in [-0.4, -0.2) is 55.8 Å². The molecule has 0 saturated carbocycles. The smallest absolute Gasteiger partial charge is 0.308 e. The van der Waals surface area contributed by atoms with Crippen LogP contribution in [0.1, 0.15) is 18.4 Å². The minimum absolute atomic E-state index is 0.0137. The number of aryl methyl sites for hydroxylation is 1. The molecule has 1 heterocycles. The van der Waals surface area contributed by atoms with Crippen LogP contribution in [0.5, 0.6) is 0 Å². The van der Waals surface area contributed by atoms with Gasteiger partial charge in [-0.05, 0) is 45.0 Å². The number of benzene rings is 1. The maximum Gasteiger partial charge on any atom is 0.308 e. The Kier molecular flexibility index (Phi) is 7.59. The summed E-state index contributed by atoms with van der Waals surface area (Å²) in [6.45, 7) is 4.68. The van der Waals surface area contributed by atoms with Crippen LogP contribution in [0.4, 0.5) is 0 Å². The lowest BCUT2D eigenvalue weighted by Crippen LogP contribution is -2.43. The second kappa shape index (κ2) is 9.69. The first kappa shape index (κ1) is 18.8. The molecule has 1 aliphatic rings. The Labute approximate surface area is 148 Å². The van der Waals surface area contributed by atoms with Crippen molar-refractivity contribution in [3.05, 3.63) is 29.8 Å². The number of hydrogen-bond donors (Lipinski definition) is 1. The summed E-state index contributed by atoms with van der Waals surface area (Å²) in [7, 11) is 1.43. The minimum Gasteiger partial charge on any atom is -0.469 e. The summed E-state index contributed by atoms with van der Waals surface area (Å²) in [5.41, 5.74) is 1.25. The van der Waals surface area contributed by atoms with Crippen molar-refractivity contribution >= 4 is 23.6 Å². The molecular formula is C18H26N2O3S. The van der Waals surface area contributed by atoms with Gasteiger partial charge in [0.25, 0.3) is 0 Å². The molecule has 5 nitrogen and oxygen atoms in total. The van der Waals surface area contributed by atoms with Crippen LogP contribution >= 0.6 is 11.8 Å². The van der Waals surface area contributed by atoms with E-state index in [4.69, 9.17) is 4.74 Å². The number of amides is 1. The summed E-state index contributed by atoms with van der Waals surface area (Å²) in [5.74, 6) is 0.766. The van der Waals surface area contributed by atoms with E-state index in [9.17, 15) is 9.59 Å². The van der Waals surface area contributed by atoms with E-state index in [0.717, 1.165) is 31.7 Å². The molecule has 0 unspecified atom stereocenters. The number of ether oxygens (including phenoxy) is 1. The standard InChI is InChI=1S/C18H26N2O3S/c1-14-3-5-16(6-4-14)24-12-9-19-17(21)13-20-10-7-15(8-11-20)18(22)23-2/h3-6,15H,7-13H2,1-2H3,(H,19,21). The summed E-state index contributed by atoms with van der Waals surface area (Å²) in [6.07, 6.45) is 1.53. The number of likely N-dealkylation sites (tertiary alicyclic amines) is 1. The van der Waals surface area contributed by atoms with Gasteiger partial charge in [-0.15, -0.1) is 11.8 Å². The zero-order chi connectivity index (χ0) is 17.4. The number of thioether (sulfide) groups is 1. The molecule has 1 aliphatic heterocycles. The maximum absolute atomic E-state index is 12.0. The number of rotatable bonds is 7. The second-order valence-corrected chi connectivity index (χ2v) is 7.25. The van der Waals surface area contributed by atoms with Crippen molar-refractivity contribution < 1.29 is 14.3 Å². The normalized spacial score (nSPS) is 15.9. The Morgan fingerprint density at radius 3 is 2.54 bits per heavy atom. The van der Waals surface area contributed by atoms with Gasteiger partial charge in [-0.3, -0.25) is 14.5 Å². The van der Waals surface area contributed by atoms with Crippen LogP contribution in [0.2, 0.25) is 0 Å². The lowest BCUT2D eigenvalue weighted by Gasteiger charge is -2.29. The molecule has 1 fully saturated rings. The summed E-state index contributed by atoms with van der Waals surface area (Å²) >= 11 is 1.74. The van der Waals surface area contributed by atoms with Gasteiger partial charge in [0, 0.05) is 17.2 Å². The highest BCUT2D eigenvalue weighted by atomic mass is 32.2. The molecule has 0 spiro atoms. The monoisotopic (exact) mass is 350 g/mol. The number of carbonyl (C=O) groups excluding carboxylic acids is 2. The summed E-state index contributed by atoms with van der Waals surface area (Å²) in [5, 5.41) is 2.96. The number of carbonyl (C=O) groups is 2. The molecule has 1 aromatic rings. The van der Waals surface area contributed by atoms with Crippen LogP contribution in [-0.2, 0) is 14.3 Å². The zero-order valence-corrected chi connectivity index (χ0v) is 15.2. The minimum atomic E-state index is -0.132. The van der Waals surface area contributed by atoms with E-state index in [1.54, 1.807) is 11.8 Å². The predicted octanol–water partition coefficient (Wildman–Crippen LogP) is 2.09. The van der Waals surface area contributed by atoms with Crippen molar-refractivity contribution in [3.8, 4) is 0 Å². The van der Waals surface area contributed by atoms with Crippen molar-refractivity contribution in [2.45, 2.75) is 24.7 Å². The zero-order valence-electron chi connectivity index (χ0n) is 14.4. The first-order valence-electron chi connectivity index (χ1n) is 8.35. The van der Waals surface area contributed by atoms with Gasteiger partial charge >= 0.3 is 5.97 Å². The summed E-state index contributed by atoms with van der Waals surface area (Å²) < 4.78 is 4.78. The van der Waals surface area contributed by atoms with E-state index >= 15 is 0 Å². The van der Waals surface area contributed by atoms with Gasteiger partial charge in [0.1, 0.15) is 0 Å². The fraction of sp³-hybridized carbons (Fsp3) is 0.556. The Morgan fingerprint density at radius 2 is 1.92 bits per heavy atom. The summed E-state index contributed by atoms with van der Waals surface area (Å²) in [6, 6.07) is 8.40. The molecule has 1 N–H and O–H groups in total. The molecule has 1 aromatic carbocycles. The largest absolute Gasteiger partial charge is 0.469 e. The molecular weight excluding hydrogens is 324 g/mol. The SMILES string of the molecule is COC(=O)C1CCN(CC(=O)NCCSc2ccc(C)cc2)CC1. The van der Waals surface area contributed by atoms with Crippen LogP contribution in [0, 0.1) is 12.8 Å². The lowest BCUT2D eigenvalue weighted by atomic mass is 9.97. The molecule has 1 saturated heterocycles. The van der Waals surface area contributed by atoms with E-state index in [1.165, 1.54) is 17.6 Å². The van der Waals surface area contributed by atoms with Crippen LogP contribution in [0.25, 0.3) is 0 Å². The Balaban J connectivity index is 1.58. The molecule has 0 atom stereocenters. The molecule has 0 aromatic heterocycles. The number of nitrogens with zero attached hydrogens (tertiary/aromatic N) is 1. The van der Waals surface area contributed by atoms with E-state index in [1.807, 2.05) is 0 Å². The van der Waals surface area contributed by atoms with Crippen LogP contribution in [0.15, 0.2) is 29.2 Å². The molecule has 132 valence electrons. The van der Waals surface area contributed by atoms with Crippen molar-refractivity contribution in [1.82, 2.24) is 10.2 Å². The van der Waals surface area contributed by atoms with Crippen molar-refractivity contribution in [1.29, 1.82) is 0 Å². The van der Waals surface area contributed by atoms with Gasteiger partial charge in [0.05, 0.1) is 19.6 Å². The number of esters is 1. The van der Waals surface area contributed by atoms with Crippen molar-refractivity contribution in [3.63, 3.8) is 0 Å². The number of piperidine rings is 1. The fourth-order valence-electron chi connectivity index (χ4n) is 2.75. The van der Waals surface area contributed by atoms with Gasteiger partial charge in [-0.25, -0.2) is 0 Å². The van der Waals surface area contributed by atoms with Gasteiger partial charge < -0.3 is 10.1 Å². The first-order valence-corrected chi connectivity index (χ1v) is 9.33. The van der Waals surface area contributed by atoms with Crippen molar-refractivity contribution in [2.24, 2.45) is 5.92 Å². The topological polar surface area (TPSA) is 58.6 Å². The third-order valence-electron chi connectivity index (χ3n) is 4.20. The summed E-state index contributed by atoms with van der Waals surface area (Å²) in [4.78, 5) is 26.8. The maximum atomic E-state index is 12.0.